The predicted octanol–water partition coefficient (Wildman–Crippen LogP) is 3.18. The van der Waals surface area contributed by atoms with Crippen LogP contribution in [0.1, 0.15) is 15.9 Å². The normalized spacial score (nSPS) is 11.4. The molecule has 0 radical (unpaired) electrons. The second kappa shape index (κ2) is 5.38. The molecule has 0 aromatic carbocycles. The topological polar surface area (TPSA) is 59.4 Å². The van der Waals surface area contributed by atoms with Crippen LogP contribution >= 0.6 is 38.5 Å². The van der Waals surface area contributed by atoms with Gasteiger partial charge in [0.2, 0.25) is 0 Å². The molecule has 0 atom stereocenters. The Morgan fingerprint density at radius 2 is 2.18 bits per heavy atom. The number of carboxylic acids is 1. The molecule has 1 aromatic rings. The number of aromatic carboxylic acids is 1. The van der Waals surface area contributed by atoms with Gasteiger partial charge in [-0.25, -0.2) is 9.78 Å². The van der Waals surface area contributed by atoms with Crippen molar-refractivity contribution in [2.75, 3.05) is 0 Å². The van der Waals surface area contributed by atoms with E-state index in [4.69, 9.17) is 5.11 Å². The maximum Gasteiger partial charge on any atom is 0.573 e. The van der Waals surface area contributed by atoms with E-state index in [1.807, 2.05) is 0 Å². The van der Waals surface area contributed by atoms with Gasteiger partial charge < -0.3 is 9.84 Å². The molecule has 0 saturated heterocycles. The van der Waals surface area contributed by atoms with Gasteiger partial charge in [0.15, 0.2) is 5.75 Å². The first-order chi connectivity index (χ1) is 7.76. The molecule has 9 heteroatoms. The minimum absolute atomic E-state index is 0.0623. The van der Waals surface area contributed by atoms with Crippen LogP contribution in [0.2, 0.25) is 0 Å². The van der Waals surface area contributed by atoms with Gasteiger partial charge in [0.05, 0.1) is 0 Å². The number of ether oxygens (including phenoxy) is 1. The van der Waals surface area contributed by atoms with Gasteiger partial charge in [-0.15, -0.1) is 13.2 Å². The van der Waals surface area contributed by atoms with Crippen molar-refractivity contribution in [3.8, 4) is 5.75 Å². The molecule has 17 heavy (non-hydrogen) atoms. The summed E-state index contributed by atoms with van der Waals surface area (Å²) in [5, 5.41) is 8.96. The zero-order chi connectivity index (χ0) is 13.2. The average Bonchev–Trinajstić information content (AvgIpc) is 2.18. The Morgan fingerprint density at radius 1 is 1.59 bits per heavy atom. The third-order valence-electron chi connectivity index (χ3n) is 1.64. The summed E-state index contributed by atoms with van der Waals surface area (Å²) >= 11 is 4.45. The van der Waals surface area contributed by atoms with Crippen LogP contribution < -0.4 is 4.74 Å². The van der Waals surface area contributed by atoms with E-state index in [2.05, 4.69) is 25.7 Å². The highest BCUT2D eigenvalue weighted by atomic mass is 127. The van der Waals surface area contributed by atoms with Crippen molar-refractivity contribution in [1.82, 2.24) is 4.98 Å². The first-order valence-corrected chi connectivity index (χ1v) is 6.18. The highest BCUT2D eigenvalue weighted by Gasteiger charge is 2.35. The van der Waals surface area contributed by atoms with Crippen LogP contribution in [-0.4, -0.2) is 22.4 Å². The monoisotopic (exact) mass is 425 g/mol. The van der Waals surface area contributed by atoms with Gasteiger partial charge in [0, 0.05) is 11.5 Å². The highest BCUT2D eigenvalue weighted by Crippen LogP contribution is 2.32. The first kappa shape index (κ1) is 14.5. The SMILES string of the molecule is O=C(O)c1c(CBr)cnc(I)c1OC(F)(F)F. The smallest absolute Gasteiger partial charge is 0.478 e. The van der Waals surface area contributed by atoms with Gasteiger partial charge in [-0.3, -0.25) is 0 Å². The predicted molar refractivity (Wildman–Crippen MR) is 63.2 cm³/mol. The van der Waals surface area contributed by atoms with Crippen molar-refractivity contribution in [3.63, 3.8) is 0 Å². The van der Waals surface area contributed by atoms with Crippen molar-refractivity contribution in [1.29, 1.82) is 0 Å². The molecule has 0 bridgehead atoms. The Kier molecular flexibility index (Phi) is 4.58. The second-order valence-electron chi connectivity index (χ2n) is 2.76. The second-order valence-corrected chi connectivity index (χ2v) is 4.35. The number of halogens is 5. The Bertz CT molecular complexity index is 452. The van der Waals surface area contributed by atoms with Gasteiger partial charge in [0.25, 0.3) is 0 Å². The molecule has 0 aliphatic carbocycles. The van der Waals surface area contributed by atoms with E-state index >= 15 is 0 Å². The lowest BCUT2D eigenvalue weighted by Gasteiger charge is -2.14. The molecule has 1 heterocycles. The lowest BCUT2D eigenvalue weighted by atomic mass is 10.1. The van der Waals surface area contributed by atoms with E-state index in [0.29, 0.717) is 0 Å². The molecule has 0 saturated carbocycles. The quantitative estimate of drug-likeness (QED) is 0.459. The molecule has 94 valence electrons. The van der Waals surface area contributed by atoms with E-state index < -0.39 is 23.6 Å². The van der Waals surface area contributed by atoms with Crippen molar-refractivity contribution >= 4 is 44.5 Å². The van der Waals surface area contributed by atoms with E-state index in [1.165, 1.54) is 28.8 Å². The standard InChI is InChI=1S/C8H4BrF3INO3/c9-1-3-2-14-6(13)5(4(3)7(15)16)17-8(10,11)12/h2H,1H2,(H,15,16). The maximum atomic E-state index is 12.1. The van der Waals surface area contributed by atoms with Crippen molar-refractivity contribution in [2.45, 2.75) is 11.7 Å². The number of hydrogen-bond acceptors (Lipinski definition) is 3. The number of hydrogen-bond donors (Lipinski definition) is 1. The minimum Gasteiger partial charge on any atom is -0.478 e. The molecule has 0 unspecified atom stereocenters. The molecule has 1 N–H and O–H groups in total. The number of alkyl halides is 4. The molecule has 1 aromatic heterocycles. The zero-order valence-electron chi connectivity index (χ0n) is 7.89. The Labute approximate surface area is 115 Å². The number of pyridine rings is 1. The number of aromatic nitrogens is 1. The van der Waals surface area contributed by atoms with Gasteiger partial charge in [-0.1, -0.05) is 15.9 Å². The lowest BCUT2D eigenvalue weighted by Crippen LogP contribution is -2.21. The Balaban J connectivity index is 3.39. The largest absolute Gasteiger partial charge is 0.573 e. The molecule has 0 fully saturated rings. The molecule has 0 aliphatic heterocycles. The fourth-order valence-electron chi connectivity index (χ4n) is 1.05. The third-order valence-corrected chi connectivity index (χ3v) is 3.02. The van der Waals surface area contributed by atoms with E-state index in [1.54, 1.807) is 0 Å². The van der Waals surface area contributed by atoms with E-state index in [9.17, 15) is 18.0 Å². The van der Waals surface area contributed by atoms with Crippen molar-refractivity contribution in [3.05, 3.63) is 21.0 Å². The number of rotatable bonds is 3. The van der Waals surface area contributed by atoms with Gasteiger partial charge in [-0.05, 0) is 28.2 Å². The summed E-state index contributed by atoms with van der Waals surface area (Å²) in [6.07, 6.45) is -3.78. The van der Waals surface area contributed by atoms with Crippen LogP contribution in [0.25, 0.3) is 0 Å². The van der Waals surface area contributed by atoms with Gasteiger partial charge in [-0.2, -0.15) is 0 Å². The molecule has 1 rings (SSSR count). The summed E-state index contributed by atoms with van der Waals surface area (Å²) in [5.41, 5.74) is -0.434. The molecule has 0 spiro atoms. The zero-order valence-corrected chi connectivity index (χ0v) is 11.6. The highest BCUT2D eigenvalue weighted by molar-refractivity contribution is 14.1. The van der Waals surface area contributed by atoms with Crippen LogP contribution in [0.4, 0.5) is 13.2 Å². The molecule has 0 aliphatic rings. The fourth-order valence-corrected chi connectivity index (χ4v) is 2.00. The summed E-state index contributed by atoms with van der Waals surface area (Å²) in [6.45, 7) is 0. The molecular weight excluding hydrogens is 422 g/mol. The van der Waals surface area contributed by atoms with Crippen LogP contribution in [0, 0.1) is 3.70 Å². The summed E-state index contributed by atoms with van der Waals surface area (Å²) < 4.78 is 40.0. The van der Waals surface area contributed by atoms with Gasteiger partial charge in [0.1, 0.15) is 9.26 Å². The number of carbonyl (C=O) groups is 1. The van der Waals surface area contributed by atoms with Crippen LogP contribution in [0.5, 0.6) is 5.75 Å². The number of carboxylic acid groups (broad SMARTS) is 1. The van der Waals surface area contributed by atoms with Crippen molar-refractivity contribution < 1.29 is 27.8 Å². The van der Waals surface area contributed by atoms with Crippen molar-refractivity contribution in [2.24, 2.45) is 0 Å². The fraction of sp³-hybridized carbons (Fsp3) is 0.250. The Hall–Kier alpha value is -0.580. The molecule has 4 nitrogen and oxygen atoms in total. The van der Waals surface area contributed by atoms with Crippen LogP contribution in [-0.2, 0) is 5.33 Å². The Morgan fingerprint density at radius 3 is 2.59 bits per heavy atom. The maximum absolute atomic E-state index is 12.1. The lowest BCUT2D eigenvalue weighted by molar-refractivity contribution is -0.275. The van der Waals surface area contributed by atoms with E-state index in [0.717, 1.165) is 0 Å². The summed E-state index contributed by atoms with van der Waals surface area (Å²) in [7, 11) is 0. The van der Waals surface area contributed by atoms with Crippen LogP contribution in [0.3, 0.4) is 0 Å². The summed E-state index contributed by atoms with van der Waals surface area (Å²) in [6, 6.07) is 0. The average molecular weight is 426 g/mol. The third kappa shape index (κ3) is 3.69. The molecule has 0 amide bonds. The molecular formula is C8H4BrF3INO3. The minimum atomic E-state index is -4.96. The summed E-state index contributed by atoms with van der Waals surface area (Å²) in [5.74, 6) is -2.29. The van der Waals surface area contributed by atoms with Gasteiger partial charge >= 0.3 is 12.3 Å². The van der Waals surface area contributed by atoms with E-state index in [-0.39, 0.29) is 14.6 Å². The first-order valence-electron chi connectivity index (χ1n) is 3.98. The summed E-state index contributed by atoms with van der Waals surface area (Å²) in [4.78, 5) is 14.6. The van der Waals surface area contributed by atoms with Crippen LogP contribution in [0.15, 0.2) is 6.20 Å². The number of nitrogens with zero attached hydrogens (tertiary/aromatic N) is 1.